The third-order valence-electron chi connectivity index (χ3n) is 8.24. The van der Waals surface area contributed by atoms with E-state index in [0.29, 0.717) is 38.1 Å². The number of aromatic nitrogens is 2. The predicted molar refractivity (Wildman–Crippen MR) is 185 cm³/mol. The van der Waals surface area contributed by atoms with E-state index in [1.54, 1.807) is 80.9 Å². The van der Waals surface area contributed by atoms with Crippen molar-refractivity contribution < 1.29 is 38.2 Å². The van der Waals surface area contributed by atoms with Crippen LogP contribution in [0.1, 0.15) is 54.0 Å². The van der Waals surface area contributed by atoms with Gasteiger partial charge in [0, 0.05) is 21.3 Å². The summed E-state index contributed by atoms with van der Waals surface area (Å²) in [5, 5.41) is 16.3. The molecule has 1 aromatic heterocycles. The van der Waals surface area contributed by atoms with E-state index < -0.39 is 48.7 Å². The molecular weight excluding hydrogens is 703 g/mol. The number of carbonyl (C=O) groups is 5. The first kappa shape index (κ1) is 36.9. The Morgan fingerprint density at radius 2 is 1.22 bits per heavy atom. The second-order valence-electron chi connectivity index (χ2n) is 11.5. The quantitative estimate of drug-likeness (QED) is 0.152. The van der Waals surface area contributed by atoms with Crippen LogP contribution in [0.15, 0.2) is 71.1 Å². The zero-order chi connectivity index (χ0) is 36.8. The molecule has 0 bridgehead atoms. The number of amides is 4. The Labute approximate surface area is 303 Å². The van der Waals surface area contributed by atoms with Crippen LogP contribution in [0.25, 0.3) is 0 Å². The van der Waals surface area contributed by atoms with Crippen LogP contribution in [0.2, 0.25) is 10.0 Å². The molecule has 0 unspecified atom stereocenters. The Balaban J connectivity index is 1.38. The van der Waals surface area contributed by atoms with Crippen molar-refractivity contribution in [2.24, 2.45) is 0 Å². The van der Waals surface area contributed by atoms with Crippen LogP contribution in [0.3, 0.4) is 0 Å². The molecule has 16 heteroatoms. The second kappa shape index (κ2) is 16.1. The van der Waals surface area contributed by atoms with Crippen LogP contribution >= 0.6 is 23.2 Å². The predicted octanol–water partition coefficient (Wildman–Crippen LogP) is 4.64. The summed E-state index contributed by atoms with van der Waals surface area (Å²) >= 11 is 12.1. The van der Waals surface area contributed by atoms with Gasteiger partial charge in [-0.1, -0.05) is 47.5 Å². The first-order chi connectivity index (χ1) is 24.4. The molecule has 2 aliphatic rings. The van der Waals surface area contributed by atoms with Crippen LogP contribution in [0, 0.1) is 13.8 Å². The molecule has 4 amide bonds. The Bertz CT molecular complexity index is 1920. The molecule has 0 fully saturated rings. The lowest BCUT2D eigenvalue weighted by atomic mass is 9.95. The SMILES string of the molecule is CCOC(=O)C1=C(COC(=O)Cc2c(C)nn(CC3=C(C(=O)OCC)[C@@H](c4ccc(Cl)cc4)NC(=O)N3)c2C)NC(=O)N[C@@H]1c1ccc(Cl)cc1. The van der Waals surface area contributed by atoms with E-state index in [4.69, 9.17) is 37.4 Å². The van der Waals surface area contributed by atoms with Gasteiger partial charge in [0.15, 0.2) is 0 Å². The Kier molecular flexibility index (Phi) is 11.7. The highest BCUT2D eigenvalue weighted by Gasteiger charge is 2.36. The van der Waals surface area contributed by atoms with Crippen molar-refractivity contribution >= 4 is 53.2 Å². The number of rotatable bonds is 12. The average Bonchev–Trinajstić information content (AvgIpc) is 3.34. The minimum atomic E-state index is -0.880. The van der Waals surface area contributed by atoms with Crippen LogP contribution in [0.4, 0.5) is 9.59 Å². The summed E-state index contributed by atoms with van der Waals surface area (Å²) in [5.41, 5.74) is 3.47. The zero-order valence-electron chi connectivity index (χ0n) is 28.2. The first-order valence-corrected chi connectivity index (χ1v) is 16.8. The fourth-order valence-corrected chi connectivity index (χ4v) is 6.08. The van der Waals surface area contributed by atoms with Crippen molar-refractivity contribution in [1.82, 2.24) is 31.0 Å². The monoisotopic (exact) mass is 738 g/mol. The lowest BCUT2D eigenvalue weighted by molar-refractivity contribution is -0.143. The van der Waals surface area contributed by atoms with Gasteiger partial charge in [0.05, 0.1) is 66.5 Å². The van der Waals surface area contributed by atoms with Crippen LogP contribution in [0.5, 0.6) is 0 Å². The minimum Gasteiger partial charge on any atom is -0.463 e. The number of ether oxygens (including phenoxy) is 3. The van der Waals surface area contributed by atoms with E-state index in [9.17, 15) is 24.0 Å². The topological polar surface area (TPSA) is 179 Å². The highest BCUT2D eigenvalue weighted by Crippen LogP contribution is 2.31. The van der Waals surface area contributed by atoms with Gasteiger partial charge >= 0.3 is 30.0 Å². The molecule has 0 saturated carbocycles. The molecule has 2 atom stereocenters. The molecule has 2 aromatic carbocycles. The summed E-state index contributed by atoms with van der Waals surface area (Å²) in [6.07, 6.45) is -0.197. The third-order valence-corrected chi connectivity index (χ3v) is 8.75. The van der Waals surface area contributed by atoms with E-state index in [1.165, 1.54) is 0 Å². The maximum atomic E-state index is 13.2. The van der Waals surface area contributed by atoms with Crippen molar-refractivity contribution in [1.29, 1.82) is 0 Å². The number of aryl methyl sites for hydroxylation is 1. The Morgan fingerprint density at radius 1 is 0.745 bits per heavy atom. The van der Waals surface area contributed by atoms with Gasteiger partial charge in [-0.2, -0.15) is 5.10 Å². The second-order valence-corrected chi connectivity index (χ2v) is 12.4. The van der Waals surface area contributed by atoms with E-state index in [0.717, 1.165) is 0 Å². The van der Waals surface area contributed by atoms with Gasteiger partial charge in [-0.25, -0.2) is 19.2 Å². The van der Waals surface area contributed by atoms with Gasteiger partial charge in [-0.05, 0) is 63.1 Å². The minimum absolute atomic E-state index is 0.0196. The summed E-state index contributed by atoms with van der Waals surface area (Å²) in [5.74, 6) is -1.97. The largest absolute Gasteiger partial charge is 0.463 e. The van der Waals surface area contributed by atoms with E-state index in [-0.39, 0.29) is 48.7 Å². The molecule has 51 heavy (non-hydrogen) atoms. The number of esters is 3. The van der Waals surface area contributed by atoms with E-state index >= 15 is 0 Å². The molecule has 3 heterocycles. The van der Waals surface area contributed by atoms with Gasteiger partial charge < -0.3 is 35.5 Å². The van der Waals surface area contributed by atoms with Crippen LogP contribution in [-0.2, 0) is 41.6 Å². The number of allylic oxidation sites excluding steroid dienone is 1. The fourth-order valence-electron chi connectivity index (χ4n) is 5.83. The van der Waals surface area contributed by atoms with E-state index in [1.807, 2.05) is 0 Å². The molecule has 0 spiro atoms. The standard InChI is InChI=1S/C35H36Cl2N6O8/c1-5-49-32(45)28-25(38-34(47)40-30(28)20-7-11-22(36)12-8-20)16-43-19(4)24(18(3)42-43)15-27(44)51-17-26-29(33(46)50-6-2)31(41-35(48)39-26)21-9-13-23(37)14-10-21/h7-14,30-31H,5-6,15-17H2,1-4H3,(H2,38,40,47)(H2,39,41,48)/t30-,31-/m1/s1. The normalized spacial score (nSPS) is 17.2. The lowest BCUT2D eigenvalue weighted by Gasteiger charge is -2.29. The molecule has 4 N–H and O–H groups in total. The van der Waals surface area contributed by atoms with Gasteiger partial charge in [-0.3, -0.25) is 9.48 Å². The van der Waals surface area contributed by atoms with E-state index in [2.05, 4.69) is 26.4 Å². The first-order valence-electron chi connectivity index (χ1n) is 16.0. The molecule has 5 rings (SSSR count). The molecule has 0 saturated heterocycles. The number of urea groups is 2. The third kappa shape index (κ3) is 8.52. The number of carbonyl (C=O) groups excluding carboxylic acids is 5. The maximum absolute atomic E-state index is 13.2. The smallest absolute Gasteiger partial charge is 0.338 e. The summed E-state index contributed by atoms with van der Waals surface area (Å²) in [6, 6.07) is 10.5. The van der Waals surface area contributed by atoms with Crippen molar-refractivity contribution in [2.45, 2.75) is 52.7 Å². The molecule has 3 aromatic rings. The summed E-state index contributed by atoms with van der Waals surface area (Å²) in [6.45, 7) is 6.56. The summed E-state index contributed by atoms with van der Waals surface area (Å²) < 4.78 is 17.8. The van der Waals surface area contributed by atoms with Gasteiger partial charge in [-0.15, -0.1) is 0 Å². The molecular formula is C35H36Cl2N6O8. The number of benzene rings is 2. The van der Waals surface area contributed by atoms with Gasteiger partial charge in [0.2, 0.25) is 0 Å². The maximum Gasteiger partial charge on any atom is 0.338 e. The van der Waals surface area contributed by atoms with Crippen LogP contribution in [-0.4, -0.2) is 59.6 Å². The number of hydrogen-bond donors (Lipinski definition) is 4. The number of nitrogens with zero attached hydrogens (tertiary/aromatic N) is 2. The number of halogens is 2. The number of hydrogen-bond acceptors (Lipinski definition) is 9. The average molecular weight is 740 g/mol. The van der Waals surface area contributed by atoms with Crippen LogP contribution < -0.4 is 21.3 Å². The van der Waals surface area contributed by atoms with Crippen molar-refractivity contribution in [3.05, 3.63) is 109 Å². The zero-order valence-corrected chi connectivity index (χ0v) is 29.7. The van der Waals surface area contributed by atoms with Gasteiger partial charge in [0.25, 0.3) is 0 Å². The van der Waals surface area contributed by atoms with Crippen molar-refractivity contribution in [3.8, 4) is 0 Å². The van der Waals surface area contributed by atoms with Crippen molar-refractivity contribution in [2.75, 3.05) is 19.8 Å². The highest BCUT2D eigenvalue weighted by molar-refractivity contribution is 6.30. The highest BCUT2D eigenvalue weighted by atomic mass is 35.5. The molecule has 268 valence electrons. The summed E-state index contributed by atoms with van der Waals surface area (Å²) in [4.78, 5) is 65.0. The fraction of sp³-hybridized carbons (Fsp3) is 0.314. The number of nitrogens with one attached hydrogen (secondary N) is 4. The van der Waals surface area contributed by atoms with Gasteiger partial charge in [0.1, 0.15) is 6.61 Å². The molecule has 0 radical (unpaired) electrons. The molecule has 14 nitrogen and oxygen atoms in total. The Hall–Kier alpha value is -5.34. The summed E-state index contributed by atoms with van der Waals surface area (Å²) in [7, 11) is 0. The Morgan fingerprint density at radius 3 is 1.71 bits per heavy atom. The molecule has 0 aliphatic carbocycles. The van der Waals surface area contributed by atoms with Crippen molar-refractivity contribution in [3.63, 3.8) is 0 Å². The lowest BCUT2D eigenvalue weighted by Crippen LogP contribution is -2.47. The molecule has 2 aliphatic heterocycles.